The number of benzene rings is 1. The largest absolute Gasteiger partial charge is 0.497 e. The Balaban J connectivity index is 2.90. The van der Waals surface area contributed by atoms with Crippen molar-refractivity contribution in [2.45, 2.75) is 31.9 Å². The van der Waals surface area contributed by atoms with Crippen LogP contribution in [0.2, 0.25) is 0 Å². The number of nitrogens with two attached hydrogens (primary N) is 1. The number of hydrogen-bond acceptors (Lipinski definition) is 3. The summed E-state index contributed by atoms with van der Waals surface area (Å²) in [6, 6.07) is 7.67. The third-order valence-corrected chi connectivity index (χ3v) is 3.30. The summed E-state index contributed by atoms with van der Waals surface area (Å²) in [6.45, 7) is 4.11. The van der Waals surface area contributed by atoms with Gasteiger partial charge >= 0.3 is 0 Å². The van der Waals surface area contributed by atoms with Gasteiger partial charge in [-0.1, -0.05) is 19.1 Å². The molecule has 0 heterocycles. The Hall–Kier alpha value is -1.06. The Morgan fingerprint density at radius 3 is 2.19 bits per heavy atom. The second-order valence-corrected chi connectivity index (χ2v) is 4.12. The Morgan fingerprint density at radius 1 is 1.25 bits per heavy atom. The first kappa shape index (κ1) is 13.0. The van der Waals surface area contributed by atoms with E-state index in [1.54, 1.807) is 14.2 Å². The lowest BCUT2D eigenvalue weighted by Crippen LogP contribution is -2.39. The van der Waals surface area contributed by atoms with Crippen LogP contribution in [0.5, 0.6) is 5.75 Å². The molecule has 0 amide bonds. The highest BCUT2D eigenvalue weighted by Gasteiger charge is 2.30. The van der Waals surface area contributed by atoms with Crippen molar-refractivity contribution in [3.05, 3.63) is 29.8 Å². The van der Waals surface area contributed by atoms with E-state index in [1.807, 2.05) is 31.2 Å². The minimum absolute atomic E-state index is 0.131. The summed E-state index contributed by atoms with van der Waals surface area (Å²) in [5, 5.41) is 0. The van der Waals surface area contributed by atoms with Gasteiger partial charge in [-0.05, 0) is 31.0 Å². The van der Waals surface area contributed by atoms with E-state index in [2.05, 4.69) is 6.92 Å². The molecule has 0 aromatic heterocycles. The lowest BCUT2D eigenvalue weighted by molar-refractivity contribution is -0.0194. The SMILES string of the molecule is CCC(C)(OC)C(N)c1ccc(OC)cc1. The van der Waals surface area contributed by atoms with Crippen molar-refractivity contribution in [2.24, 2.45) is 5.73 Å². The fourth-order valence-electron chi connectivity index (χ4n) is 1.66. The number of methoxy groups -OCH3 is 2. The van der Waals surface area contributed by atoms with E-state index < -0.39 is 0 Å². The van der Waals surface area contributed by atoms with E-state index in [9.17, 15) is 0 Å². The molecule has 1 aromatic rings. The van der Waals surface area contributed by atoms with Gasteiger partial charge in [0, 0.05) is 7.11 Å². The minimum atomic E-state index is -0.325. The van der Waals surface area contributed by atoms with Crippen LogP contribution in [0.1, 0.15) is 31.9 Å². The summed E-state index contributed by atoms with van der Waals surface area (Å²) in [4.78, 5) is 0. The molecule has 90 valence electrons. The molecule has 2 atom stereocenters. The molecule has 1 aromatic carbocycles. The highest BCUT2D eigenvalue weighted by atomic mass is 16.5. The summed E-state index contributed by atoms with van der Waals surface area (Å²) in [7, 11) is 3.35. The van der Waals surface area contributed by atoms with E-state index in [0.29, 0.717) is 0 Å². The van der Waals surface area contributed by atoms with Crippen LogP contribution >= 0.6 is 0 Å². The summed E-state index contributed by atoms with van der Waals surface area (Å²) in [6.07, 6.45) is 0.872. The van der Waals surface area contributed by atoms with Crippen LogP contribution in [0.15, 0.2) is 24.3 Å². The molecule has 0 spiro atoms. The number of ether oxygens (including phenoxy) is 2. The maximum Gasteiger partial charge on any atom is 0.118 e. The Kier molecular flexibility index (Phi) is 4.33. The zero-order valence-electron chi connectivity index (χ0n) is 10.5. The predicted molar refractivity (Wildman–Crippen MR) is 65.6 cm³/mol. The highest BCUT2D eigenvalue weighted by molar-refractivity contribution is 5.30. The van der Waals surface area contributed by atoms with Gasteiger partial charge in [-0.3, -0.25) is 0 Å². The van der Waals surface area contributed by atoms with Gasteiger partial charge in [0.05, 0.1) is 18.8 Å². The molecule has 0 fully saturated rings. The normalized spacial score (nSPS) is 16.6. The van der Waals surface area contributed by atoms with Gasteiger partial charge in [-0.25, -0.2) is 0 Å². The van der Waals surface area contributed by atoms with Crippen molar-refractivity contribution in [1.82, 2.24) is 0 Å². The number of hydrogen-bond donors (Lipinski definition) is 1. The quantitative estimate of drug-likeness (QED) is 0.834. The monoisotopic (exact) mass is 223 g/mol. The summed E-state index contributed by atoms with van der Waals surface area (Å²) in [5.74, 6) is 0.839. The second kappa shape index (κ2) is 5.32. The third-order valence-electron chi connectivity index (χ3n) is 3.30. The molecule has 2 unspecified atom stereocenters. The van der Waals surface area contributed by atoms with Gasteiger partial charge in [-0.15, -0.1) is 0 Å². The molecule has 3 heteroatoms. The molecule has 0 bridgehead atoms. The van der Waals surface area contributed by atoms with Crippen molar-refractivity contribution in [3.8, 4) is 5.75 Å². The highest BCUT2D eigenvalue weighted by Crippen LogP contribution is 2.30. The second-order valence-electron chi connectivity index (χ2n) is 4.12. The molecule has 2 N–H and O–H groups in total. The summed E-state index contributed by atoms with van der Waals surface area (Å²) < 4.78 is 10.6. The van der Waals surface area contributed by atoms with Gasteiger partial charge < -0.3 is 15.2 Å². The van der Waals surface area contributed by atoms with Crippen molar-refractivity contribution < 1.29 is 9.47 Å². The molecule has 0 aliphatic heterocycles. The number of rotatable bonds is 5. The van der Waals surface area contributed by atoms with E-state index >= 15 is 0 Å². The Labute approximate surface area is 97.6 Å². The van der Waals surface area contributed by atoms with Crippen LogP contribution < -0.4 is 10.5 Å². The van der Waals surface area contributed by atoms with Crippen LogP contribution in [-0.2, 0) is 4.74 Å². The molecular weight excluding hydrogens is 202 g/mol. The fraction of sp³-hybridized carbons (Fsp3) is 0.538. The van der Waals surface area contributed by atoms with Crippen LogP contribution in [0.25, 0.3) is 0 Å². The first-order chi connectivity index (χ1) is 7.57. The van der Waals surface area contributed by atoms with Crippen molar-refractivity contribution in [1.29, 1.82) is 0 Å². The lowest BCUT2D eigenvalue weighted by Gasteiger charge is -2.33. The molecule has 1 rings (SSSR count). The molecule has 0 aliphatic carbocycles. The molecule has 0 aliphatic rings. The van der Waals surface area contributed by atoms with Crippen LogP contribution in [0.3, 0.4) is 0 Å². The van der Waals surface area contributed by atoms with Gasteiger partial charge in [0.1, 0.15) is 5.75 Å². The van der Waals surface area contributed by atoms with E-state index in [4.69, 9.17) is 15.2 Å². The molecule has 0 radical (unpaired) electrons. The summed E-state index contributed by atoms with van der Waals surface area (Å²) in [5.41, 5.74) is 6.96. The maximum atomic E-state index is 6.22. The molecule has 0 saturated heterocycles. The zero-order chi connectivity index (χ0) is 12.2. The lowest BCUT2D eigenvalue weighted by atomic mass is 9.88. The van der Waals surface area contributed by atoms with Crippen molar-refractivity contribution in [3.63, 3.8) is 0 Å². The summed E-state index contributed by atoms with van der Waals surface area (Å²) >= 11 is 0. The Bertz CT molecular complexity index is 317. The molecular formula is C13H21NO2. The van der Waals surface area contributed by atoms with E-state index in [1.165, 1.54) is 0 Å². The smallest absolute Gasteiger partial charge is 0.118 e. The average molecular weight is 223 g/mol. The molecule has 0 saturated carbocycles. The zero-order valence-corrected chi connectivity index (χ0v) is 10.5. The first-order valence-electron chi connectivity index (χ1n) is 5.52. The van der Waals surface area contributed by atoms with Gasteiger partial charge in [-0.2, -0.15) is 0 Å². The maximum absolute atomic E-state index is 6.22. The van der Waals surface area contributed by atoms with E-state index in [-0.39, 0.29) is 11.6 Å². The van der Waals surface area contributed by atoms with Crippen LogP contribution in [-0.4, -0.2) is 19.8 Å². The average Bonchev–Trinajstić information content (AvgIpc) is 2.37. The Morgan fingerprint density at radius 2 is 1.81 bits per heavy atom. The standard InChI is InChI=1S/C13H21NO2/c1-5-13(2,16-4)12(14)10-6-8-11(15-3)9-7-10/h6-9,12H,5,14H2,1-4H3. The van der Waals surface area contributed by atoms with Crippen molar-refractivity contribution in [2.75, 3.05) is 14.2 Å². The van der Waals surface area contributed by atoms with Crippen molar-refractivity contribution >= 4 is 0 Å². The predicted octanol–water partition coefficient (Wildman–Crippen LogP) is 2.51. The van der Waals surface area contributed by atoms with Gasteiger partial charge in [0.2, 0.25) is 0 Å². The van der Waals surface area contributed by atoms with Gasteiger partial charge in [0.25, 0.3) is 0 Å². The first-order valence-corrected chi connectivity index (χ1v) is 5.52. The van der Waals surface area contributed by atoms with Crippen LogP contribution in [0, 0.1) is 0 Å². The third kappa shape index (κ3) is 2.54. The topological polar surface area (TPSA) is 44.5 Å². The molecule has 16 heavy (non-hydrogen) atoms. The van der Waals surface area contributed by atoms with Gasteiger partial charge in [0.15, 0.2) is 0 Å². The van der Waals surface area contributed by atoms with E-state index in [0.717, 1.165) is 17.7 Å². The fourth-order valence-corrected chi connectivity index (χ4v) is 1.66. The molecule has 3 nitrogen and oxygen atoms in total. The minimum Gasteiger partial charge on any atom is -0.497 e. The van der Waals surface area contributed by atoms with Crippen LogP contribution in [0.4, 0.5) is 0 Å².